The Morgan fingerprint density at radius 2 is 2.04 bits per heavy atom. The summed E-state index contributed by atoms with van der Waals surface area (Å²) in [6, 6.07) is 10.9. The quantitative estimate of drug-likeness (QED) is 0.770. The Morgan fingerprint density at radius 3 is 2.74 bits per heavy atom. The summed E-state index contributed by atoms with van der Waals surface area (Å²) in [5, 5.41) is 2.93. The zero-order valence-electron chi connectivity index (χ0n) is 15.2. The van der Waals surface area contributed by atoms with Gasteiger partial charge in [0.1, 0.15) is 17.1 Å². The van der Waals surface area contributed by atoms with E-state index in [1.54, 1.807) is 18.2 Å². The highest BCUT2D eigenvalue weighted by Crippen LogP contribution is 2.24. The van der Waals surface area contributed by atoms with Crippen molar-refractivity contribution in [2.24, 2.45) is 0 Å². The average Bonchev–Trinajstić information content (AvgIpc) is 3.26. The molecule has 1 unspecified atom stereocenters. The molecule has 1 N–H and O–H groups in total. The first kappa shape index (κ1) is 17.1. The Hall–Kier alpha value is -3.35. The van der Waals surface area contributed by atoms with E-state index in [0.717, 1.165) is 22.6 Å². The summed E-state index contributed by atoms with van der Waals surface area (Å²) in [5.74, 6) is 0.446. The summed E-state index contributed by atoms with van der Waals surface area (Å²) in [5.41, 5.74) is 2.89. The molecule has 1 aromatic carbocycles. The Kier molecular flexibility index (Phi) is 4.27. The van der Waals surface area contributed by atoms with Gasteiger partial charge < -0.3 is 19.4 Å². The van der Waals surface area contributed by atoms with Crippen molar-refractivity contribution in [1.82, 2.24) is 14.7 Å². The molecular weight excluding hydrogens is 344 g/mol. The molecule has 4 rings (SSSR count). The molecule has 1 atom stereocenters. The van der Waals surface area contributed by atoms with Crippen molar-refractivity contribution in [1.29, 1.82) is 0 Å². The second kappa shape index (κ2) is 6.75. The molecule has 1 fully saturated rings. The first-order valence-electron chi connectivity index (χ1n) is 8.75. The van der Waals surface area contributed by atoms with Crippen molar-refractivity contribution < 1.29 is 14.3 Å². The fourth-order valence-corrected chi connectivity index (χ4v) is 3.34. The number of methoxy groups -OCH3 is 1. The molecule has 0 aliphatic carbocycles. The van der Waals surface area contributed by atoms with Gasteiger partial charge in [0, 0.05) is 31.0 Å². The third kappa shape index (κ3) is 3.23. The third-order valence-corrected chi connectivity index (χ3v) is 4.75. The van der Waals surface area contributed by atoms with Gasteiger partial charge in [-0.2, -0.15) is 0 Å². The van der Waals surface area contributed by atoms with Gasteiger partial charge in [-0.25, -0.2) is 4.98 Å². The molecule has 3 heterocycles. The Bertz CT molecular complexity index is 1010. The monoisotopic (exact) mass is 364 g/mol. The van der Waals surface area contributed by atoms with Gasteiger partial charge in [0.05, 0.1) is 13.2 Å². The number of aryl methyl sites for hydroxylation is 1. The number of carbonyl (C=O) groups is 2. The van der Waals surface area contributed by atoms with Crippen LogP contribution in [-0.2, 0) is 4.79 Å². The van der Waals surface area contributed by atoms with Crippen molar-refractivity contribution in [3.63, 3.8) is 0 Å². The number of hydrogen-bond acceptors (Lipinski definition) is 4. The second-order valence-electron chi connectivity index (χ2n) is 6.63. The molecule has 138 valence electrons. The first-order chi connectivity index (χ1) is 13.0. The average molecular weight is 364 g/mol. The van der Waals surface area contributed by atoms with Gasteiger partial charge in [-0.3, -0.25) is 9.59 Å². The number of fused-ring (bicyclic) bond motifs is 1. The standard InChI is InChI=1S/C20H20N4O3/c1-13-4-3-9-23-12-17(22-19(13)23)20(26)21-14-10-18(25)24(11-14)15-5-7-16(27-2)8-6-15/h3-9,12,14H,10-11H2,1-2H3,(H,21,26). The van der Waals surface area contributed by atoms with Crippen molar-refractivity contribution in [2.45, 2.75) is 19.4 Å². The molecule has 2 aromatic heterocycles. The number of pyridine rings is 1. The number of ether oxygens (including phenoxy) is 1. The van der Waals surface area contributed by atoms with E-state index in [0.29, 0.717) is 12.2 Å². The van der Waals surface area contributed by atoms with Gasteiger partial charge in [0.25, 0.3) is 5.91 Å². The van der Waals surface area contributed by atoms with Gasteiger partial charge in [-0.05, 0) is 42.8 Å². The van der Waals surface area contributed by atoms with E-state index < -0.39 is 0 Å². The van der Waals surface area contributed by atoms with Gasteiger partial charge in [-0.15, -0.1) is 0 Å². The summed E-state index contributed by atoms with van der Waals surface area (Å²) in [4.78, 5) is 31.0. The van der Waals surface area contributed by atoms with Crippen LogP contribution in [0.3, 0.4) is 0 Å². The van der Waals surface area contributed by atoms with E-state index in [1.165, 1.54) is 0 Å². The summed E-state index contributed by atoms with van der Waals surface area (Å²) in [6.07, 6.45) is 3.83. The van der Waals surface area contributed by atoms with E-state index >= 15 is 0 Å². The lowest BCUT2D eigenvalue weighted by atomic mass is 10.2. The summed E-state index contributed by atoms with van der Waals surface area (Å²) in [6.45, 7) is 2.38. The lowest BCUT2D eigenvalue weighted by molar-refractivity contribution is -0.117. The van der Waals surface area contributed by atoms with Crippen LogP contribution >= 0.6 is 0 Å². The van der Waals surface area contributed by atoms with Crippen LogP contribution < -0.4 is 15.0 Å². The van der Waals surface area contributed by atoms with Crippen molar-refractivity contribution in [3.8, 4) is 5.75 Å². The molecule has 2 amide bonds. The third-order valence-electron chi connectivity index (χ3n) is 4.75. The van der Waals surface area contributed by atoms with Gasteiger partial charge in [-0.1, -0.05) is 6.07 Å². The molecule has 0 radical (unpaired) electrons. The van der Waals surface area contributed by atoms with Crippen molar-refractivity contribution in [2.75, 3.05) is 18.6 Å². The van der Waals surface area contributed by atoms with Crippen LogP contribution in [0.2, 0.25) is 0 Å². The molecule has 1 aliphatic heterocycles. The summed E-state index contributed by atoms with van der Waals surface area (Å²) >= 11 is 0. The lowest BCUT2D eigenvalue weighted by Crippen LogP contribution is -2.37. The van der Waals surface area contributed by atoms with Crippen molar-refractivity contribution in [3.05, 3.63) is 60.0 Å². The summed E-state index contributed by atoms with van der Waals surface area (Å²) in [7, 11) is 1.60. The number of nitrogens with zero attached hydrogens (tertiary/aromatic N) is 3. The van der Waals surface area contributed by atoms with E-state index in [1.807, 2.05) is 53.9 Å². The lowest BCUT2D eigenvalue weighted by Gasteiger charge is -2.17. The minimum Gasteiger partial charge on any atom is -0.497 e. The van der Waals surface area contributed by atoms with Crippen molar-refractivity contribution >= 4 is 23.1 Å². The van der Waals surface area contributed by atoms with Crippen LogP contribution in [0.25, 0.3) is 5.65 Å². The highest BCUT2D eigenvalue weighted by atomic mass is 16.5. The van der Waals surface area contributed by atoms with Crippen LogP contribution in [0.15, 0.2) is 48.8 Å². The number of amides is 2. The number of benzene rings is 1. The Labute approximate surface area is 156 Å². The Balaban J connectivity index is 1.47. The SMILES string of the molecule is COc1ccc(N2CC(NC(=O)c3cn4cccc(C)c4n3)CC2=O)cc1. The van der Waals surface area contributed by atoms with Gasteiger partial charge in [0.15, 0.2) is 0 Å². The maximum Gasteiger partial charge on any atom is 0.271 e. The minimum absolute atomic E-state index is 0.0173. The molecule has 0 spiro atoms. The number of hydrogen-bond donors (Lipinski definition) is 1. The predicted octanol–water partition coefficient (Wildman–Crippen LogP) is 2.19. The maximum absolute atomic E-state index is 12.6. The van der Waals surface area contributed by atoms with Crippen LogP contribution in [0.1, 0.15) is 22.5 Å². The predicted molar refractivity (Wildman–Crippen MR) is 101 cm³/mol. The maximum atomic E-state index is 12.6. The van der Waals surface area contributed by atoms with E-state index in [9.17, 15) is 9.59 Å². The van der Waals surface area contributed by atoms with Crippen LogP contribution in [0, 0.1) is 6.92 Å². The fourth-order valence-electron chi connectivity index (χ4n) is 3.34. The van der Waals surface area contributed by atoms with Crippen LogP contribution in [-0.4, -0.2) is 40.9 Å². The number of anilines is 1. The zero-order chi connectivity index (χ0) is 19.0. The molecule has 27 heavy (non-hydrogen) atoms. The molecule has 7 nitrogen and oxygen atoms in total. The molecule has 0 saturated carbocycles. The smallest absolute Gasteiger partial charge is 0.271 e. The number of nitrogens with one attached hydrogen (secondary N) is 1. The zero-order valence-corrected chi connectivity index (χ0v) is 15.2. The normalized spacial score (nSPS) is 16.7. The molecule has 3 aromatic rings. The summed E-state index contributed by atoms with van der Waals surface area (Å²) < 4.78 is 6.97. The van der Waals surface area contributed by atoms with Crippen LogP contribution in [0.5, 0.6) is 5.75 Å². The van der Waals surface area contributed by atoms with E-state index in [2.05, 4.69) is 10.3 Å². The number of rotatable bonds is 4. The molecule has 1 aliphatic rings. The fraction of sp³-hybridized carbons (Fsp3) is 0.250. The number of aromatic nitrogens is 2. The largest absolute Gasteiger partial charge is 0.497 e. The first-order valence-corrected chi connectivity index (χ1v) is 8.75. The van der Waals surface area contributed by atoms with Crippen LogP contribution in [0.4, 0.5) is 5.69 Å². The van der Waals surface area contributed by atoms with E-state index in [4.69, 9.17) is 4.74 Å². The van der Waals surface area contributed by atoms with Gasteiger partial charge in [0.2, 0.25) is 5.91 Å². The Morgan fingerprint density at radius 1 is 1.26 bits per heavy atom. The molecular formula is C20H20N4O3. The highest BCUT2D eigenvalue weighted by molar-refractivity contribution is 5.98. The number of imidazole rings is 1. The molecule has 7 heteroatoms. The number of carbonyl (C=O) groups excluding carboxylic acids is 2. The van der Waals surface area contributed by atoms with E-state index in [-0.39, 0.29) is 24.3 Å². The minimum atomic E-state index is -0.271. The second-order valence-corrected chi connectivity index (χ2v) is 6.63. The molecule has 0 bridgehead atoms. The van der Waals surface area contributed by atoms with Gasteiger partial charge >= 0.3 is 0 Å². The molecule has 1 saturated heterocycles. The highest BCUT2D eigenvalue weighted by Gasteiger charge is 2.32. The topological polar surface area (TPSA) is 75.9 Å².